The molecule has 0 bridgehead atoms. The highest BCUT2D eigenvalue weighted by Crippen LogP contribution is 1.99. The summed E-state index contributed by atoms with van der Waals surface area (Å²) in [6.45, 7) is 5.35. The van der Waals surface area contributed by atoms with Crippen LogP contribution >= 0.6 is 0 Å². The van der Waals surface area contributed by atoms with Crippen molar-refractivity contribution in [3.05, 3.63) is 22.6 Å². The fourth-order valence-corrected chi connectivity index (χ4v) is 1.66. The lowest BCUT2D eigenvalue weighted by Crippen LogP contribution is -2.39. The van der Waals surface area contributed by atoms with E-state index in [2.05, 4.69) is 20.4 Å². The Hall–Kier alpha value is -1.40. The SMILES string of the molecule is O=c1cc(NCCN2CCOCC2)cn[nH]1. The molecule has 0 radical (unpaired) electrons. The Morgan fingerprint density at radius 3 is 3.06 bits per heavy atom. The molecule has 0 saturated carbocycles. The number of nitrogens with zero attached hydrogens (tertiary/aromatic N) is 2. The maximum absolute atomic E-state index is 11.0. The van der Waals surface area contributed by atoms with E-state index in [4.69, 9.17) is 4.74 Å². The summed E-state index contributed by atoms with van der Waals surface area (Å²) in [6, 6.07) is 1.51. The molecule has 2 N–H and O–H groups in total. The van der Waals surface area contributed by atoms with Crippen molar-refractivity contribution in [1.29, 1.82) is 0 Å². The molecule has 2 heterocycles. The first kappa shape index (κ1) is 11.1. The molecule has 0 atom stereocenters. The Kier molecular flexibility index (Phi) is 3.90. The van der Waals surface area contributed by atoms with Crippen LogP contribution in [0.5, 0.6) is 0 Å². The molecule has 1 aliphatic heterocycles. The van der Waals surface area contributed by atoms with Crippen LogP contribution in [0.3, 0.4) is 0 Å². The molecule has 1 aliphatic rings. The van der Waals surface area contributed by atoms with Crippen LogP contribution in [0.2, 0.25) is 0 Å². The molecule has 88 valence electrons. The second kappa shape index (κ2) is 5.62. The topological polar surface area (TPSA) is 70.2 Å². The molecular weight excluding hydrogens is 208 g/mol. The quantitative estimate of drug-likeness (QED) is 0.722. The van der Waals surface area contributed by atoms with Crippen molar-refractivity contribution in [2.75, 3.05) is 44.7 Å². The Bertz CT molecular complexity index is 373. The molecular formula is C10H16N4O2. The summed E-state index contributed by atoms with van der Waals surface area (Å²) in [5, 5.41) is 9.22. The number of morpholine rings is 1. The van der Waals surface area contributed by atoms with Crippen LogP contribution in [0, 0.1) is 0 Å². The second-order valence-corrected chi connectivity index (χ2v) is 3.71. The molecule has 0 amide bonds. The lowest BCUT2D eigenvalue weighted by Gasteiger charge is -2.26. The summed E-state index contributed by atoms with van der Waals surface area (Å²) >= 11 is 0. The van der Waals surface area contributed by atoms with E-state index < -0.39 is 0 Å². The van der Waals surface area contributed by atoms with Gasteiger partial charge in [0, 0.05) is 32.2 Å². The Balaban J connectivity index is 1.73. The number of rotatable bonds is 4. The highest BCUT2D eigenvalue weighted by atomic mass is 16.5. The number of anilines is 1. The predicted molar refractivity (Wildman–Crippen MR) is 60.6 cm³/mol. The maximum Gasteiger partial charge on any atom is 0.266 e. The van der Waals surface area contributed by atoms with Crippen LogP contribution in [-0.2, 0) is 4.74 Å². The van der Waals surface area contributed by atoms with Crippen molar-refractivity contribution >= 4 is 5.69 Å². The molecule has 1 fully saturated rings. The van der Waals surface area contributed by atoms with E-state index in [0.29, 0.717) is 0 Å². The number of H-pyrrole nitrogens is 1. The lowest BCUT2D eigenvalue weighted by atomic mass is 10.4. The van der Waals surface area contributed by atoms with Crippen molar-refractivity contribution in [2.24, 2.45) is 0 Å². The van der Waals surface area contributed by atoms with Crippen LogP contribution in [0.25, 0.3) is 0 Å². The molecule has 16 heavy (non-hydrogen) atoms. The van der Waals surface area contributed by atoms with Gasteiger partial charge in [0.25, 0.3) is 5.56 Å². The van der Waals surface area contributed by atoms with E-state index in [1.807, 2.05) is 0 Å². The first-order valence-electron chi connectivity index (χ1n) is 5.43. The lowest BCUT2D eigenvalue weighted by molar-refractivity contribution is 0.0398. The van der Waals surface area contributed by atoms with Gasteiger partial charge in [-0.2, -0.15) is 5.10 Å². The van der Waals surface area contributed by atoms with Crippen LogP contribution in [-0.4, -0.2) is 54.5 Å². The fraction of sp³-hybridized carbons (Fsp3) is 0.600. The molecule has 6 heteroatoms. The molecule has 0 aliphatic carbocycles. The van der Waals surface area contributed by atoms with Gasteiger partial charge in [0.05, 0.1) is 25.1 Å². The van der Waals surface area contributed by atoms with Gasteiger partial charge in [-0.3, -0.25) is 9.69 Å². The number of ether oxygens (including phenoxy) is 1. The van der Waals surface area contributed by atoms with Crippen molar-refractivity contribution in [1.82, 2.24) is 15.1 Å². The summed E-state index contributed by atoms with van der Waals surface area (Å²) < 4.78 is 5.26. The van der Waals surface area contributed by atoms with Crippen LogP contribution in [0.4, 0.5) is 5.69 Å². The van der Waals surface area contributed by atoms with Gasteiger partial charge in [0.2, 0.25) is 0 Å². The fourth-order valence-electron chi connectivity index (χ4n) is 1.66. The van der Waals surface area contributed by atoms with Gasteiger partial charge in [-0.1, -0.05) is 0 Å². The zero-order valence-corrected chi connectivity index (χ0v) is 9.11. The molecule has 0 aromatic carbocycles. The summed E-state index contributed by atoms with van der Waals surface area (Å²) in [6.07, 6.45) is 1.61. The van der Waals surface area contributed by atoms with Gasteiger partial charge in [-0.15, -0.1) is 0 Å². The number of aromatic amines is 1. The average molecular weight is 224 g/mol. The predicted octanol–water partition coefficient (Wildman–Crippen LogP) is -0.486. The first-order valence-corrected chi connectivity index (χ1v) is 5.43. The minimum absolute atomic E-state index is 0.184. The van der Waals surface area contributed by atoms with E-state index >= 15 is 0 Å². The molecule has 1 saturated heterocycles. The Labute approximate surface area is 93.6 Å². The van der Waals surface area contributed by atoms with Gasteiger partial charge in [0.15, 0.2) is 0 Å². The summed E-state index contributed by atoms with van der Waals surface area (Å²) in [7, 11) is 0. The number of hydrogen-bond acceptors (Lipinski definition) is 5. The van der Waals surface area contributed by atoms with Crippen LogP contribution in [0.15, 0.2) is 17.1 Å². The van der Waals surface area contributed by atoms with Crippen molar-refractivity contribution in [2.45, 2.75) is 0 Å². The van der Waals surface area contributed by atoms with Crippen molar-refractivity contribution < 1.29 is 4.74 Å². The summed E-state index contributed by atoms with van der Waals surface area (Å²) in [5.41, 5.74) is 0.577. The largest absolute Gasteiger partial charge is 0.382 e. The monoisotopic (exact) mass is 224 g/mol. The maximum atomic E-state index is 11.0. The summed E-state index contributed by atoms with van der Waals surface area (Å²) in [4.78, 5) is 13.3. The Morgan fingerprint density at radius 2 is 2.31 bits per heavy atom. The van der Waals surface area contributed by atoms with Gasteiger partial charge in [-0.25, -0.2) is 5.10 Å². The van der Waals surface area contributed by atoms with Crippen LogP contribution in [0.1, 0.15) is 0 Å². The molecule has 0 unspecified atom stereocenters. The third-order valence-electron chi connectivity index (χ3n) is 2.53. The van der Waals surface area contributed by atoms with Gasteiger partial charge in [-0.05, 0) is 0 Å². The average Bonchev–Trinajstić information content (AvgIpc) is 2.30. The van der Waals surface area contributed by atoms with E-state index in [-0.39, 0.29) is 5.56 Å². The van der Waals surface area contributed by atoms with E-state index in [1.54, 1.807) is 6.20 Å². The standard InChI is InChI=1S/C10H16N4O2/c15-10-7-9(8-12-13-10)11-1-2-14-3-5-16-6-4-14/h7-8H,1-6H2,(H2,11,13,15). The highest BCUT2D eigenvalue weighted by Gasteiger charge is 2.08. The number of nitrogens with one attached hydrogen (secondary N) is 2. The van der Waals surface area contributed by atoms with Crippen molar-refractivity contribution in [3.63, 3.8) is 0 Å². The smallest absolute Gasteiger partial charge is 0.266 e. The van der Waals surface area contributed by atoms with Gasteiger partial charge in [0.1, 0.15) is 0 Å². The Morgan fingerprint density at radius 1 is 1.50 bits per heavy atom. The van der Waals surface area contributed by atoms with Gasteiger partial charge < -0.3 is 10.1 Å². The second-order valence-electron chi connectivity index (χ2n) is 3.71. The molecule has 1 aromatic heterocycles. The van der Waals surface area contributed by atoms with E-state index in [0.717, 1.165) is 45.1 Å². The third kappa shape index (κ3) is 3.32. The van der Waals surface area contributed by atoms with Gasteiger partial charge >= 0.3 is 0 Å². The van der Waals surface area contributed by atoms with E-state index in [9.17, 15) is 4.79 Å². The third-order valence-corrected chi connectivity index (χ3v) is 2.53. The normalized spacial score (nSPS) is 17.2. The molecule has 2 rings (SSSR count). The molecule has 6 nitrogen and oxygen atoms in total. The minimum atomic E-state index is -0.184. The van der Waals surface area contributed by atoms with Crippen LogP contribution < -0.4 is 10.9 Å². The number of aromatic nitrogens is 2. The first-order chi connectivity index (χ1) is 7.84. The minimum Gasteiger partial charge on any atom is -0.382 e. The highest BCUT2D eigenvalue weighted by molar-refractivity contribution is 5.38. The molecule has 1 aromatic rings. The zero-order valence-electron chi connectivity index (χ0n) is 9.11. The van der Waals surface area contributed by atoms with E-state index in [1.165, 1.54) is 6.07 Å². The number of hydrogen-bond donors (Lipinski definition) is 2. The van der Waals surface area contributed by atoms with Crippen molar-refractivity contribution in [3.8, 4) is 0 Å². The summed E-state index contributed by atoms with van der Waals surface area (Å²) in [5.74, 6) is 0. The zero-order chi connectivity index (χ0) is 11.2. The molecule has 0 spiro atoms.